The molecular weight excluding hydrogens is 307 g/mol. The van der Waals surface area contributed by atoms with E-state index in [1.165, 1.54) is 6.07 Å². The quantitative estimate of drug-likeness (QED) is 0.677. The second kappa shape index (κ2) is 6.35. The van der Waals surface area contributed by atoms with Crippen LogP contribution in [0.5, 0.6) is 0 Å². The number of halogens is 1. The highest BCUT2D eigenvalue weighted by Gasteiger charge is 2.18. The second-order valence-electron chi connectivity index (χ2n) is 5.53. The summed E-state index contributed by atoms with van der Waals surface area (Å²) in [6.07, 6.45) is 1.65. The molecule has 0 unspecified atom stereocenters. The number of rotatable bonds is 3. The molecule has 0 amide bonds. The topological polar surface area (TPSA) is 52.1 Å². The van der Waals surface area contributed by atoms with Crippen LogP contribution in [0.1, 0.15) is 28.4 Å². The van der Waals surface area contributed by atoms with Crippen molar-refractivity contribution in [3.05, 3.63) is 59.0 Å². The standard InChI is InChI=1S/C19H17FN2O2/c1-4-24-19(23)16-11(2)9-13-10-21-18(22-17(13)12(16)3)14-7-5-6-8-15(14)20/h5-10H,4H2,1-3H3. The maximum Gasteiger partial charge on any atom is 0.338 e. The van der Waals surface area contributed by atoms with Gasteiger partial charge >= 0.3 is 5.97 Å². The van der Waals surface area contributed by atoms with E-state index in [-0.39, 0.29) is 11.8 Å². The highest BCUT2D eigenvalue weighted by atomic mass is 19.1. The van der Waals surface area contributed by atoms with Crippen LogP contribution in [0.2, 0.25) is 0 Å². The Morgan fingerprint density at radius 2 is 2.00 bits per heavy atom. The number of carbonyl (C=O) groups excluding carboxylic acids is 1. The van der Waals surface area contributed by atoms with Gasteiger partial charge in [0.15, 0.2) is 5.82 Å². The van der Waals surface area contributed by atoms with Gasteiger partial charge in [0.05, 0.1) is 23.3 Å². The van der Waals surface area contributed by atoms with Crippen molar-refractivity contribution in [3.63, 3.8) is 0 Å². The molecule has 0 saturated heterocycles. The number of aryl methyl sites for hydroxylation is 2. The van der Waals surface area contributed by atoms with Gasteiger partial charge in [-0.3, -0.25) is 0 Å². The summed E-state index contributed by atoms with van der Waals surface area (Å²) in [7, 11) is 0. The van der Waals surface area contributed by atoms with Crippen LogP contribution in [0.3, 0.4) is 0 Å². The Morgan fingerprint density at radius 3 is 2.71 bits per heavy atom. The van der Waals surface area contributed by atoms with E-state index in [0.29, 0.717) is 34.6 Å². The molecule has 3 rings (SSSR count). The lowest BCUT2D eigenvalue weighted by Gasteiger charge is -2.12. The molecule has 3 aromatic rings. The number of aromatic nitrogens is 2. The smallest absolute Gasteiger partial charge is 0.338 e. The first kappa shape index (κ1) is 16.1. The largest absolute Gasteiger partial charge is 0.462 e. The predicted octanol–water partition coefficient (Wildman–Crippen LogP) is 4.23. The molecule has 122 valence electrons. The van der Waals surface area contributed by atoms with Crippen molar-refractivity contribution in [2.45, 2.75) is 20.8 Å². The summed E-state index contributed by atoms with van der Waals surface area (Å²) in [5.74, 6) is -0.463. The Balaban J connectivity index is 2.22. The number of benzene rings is 2. The maximum absolute atomic E-state index is 14.0. The highest BCUT2D eigenvalue weighted by Crippen LogP contribution is 2.27. The first-order chi connectivity index (χ1) is 11.5. The van der Waals surface area contributed by atoms with Crippen molar-refractivity contribution in [2.24, 2.45) is 0 Å². The van der Waals surface area contributed by atoms with Gasteiger partial charge in [0, 0.05) is 11.6 Å². The zero-order valence-electron chi connectivity index (χ0n) is 13.8. The third kappa shape index (κ3) is 2.73. The summed E-state index contributed by atoms with van der Waals surface area (Å²) in [4.78, 5) is 21.0. The molecule has 0 atom stereocenters. The second-order valence-corrected chi connectivity index (χ2v) is 5.53. The van der Waals surface area contributed by atoms with Crippen molar-refractivity contribution in [2.75, 3.05) is 6.61 Å². The first-order valence-corrected chi connectivity index (χ1v) is 7.72. The summed E-state index contributed by atoms with van der Waals surface area (Å²) < 4.78 is 19.1. The van der Waals surface area contributed by atoms with Crippen LogP contribution in [-0.4, -0.2) is 22.5 Å². The lowest BCUT2D eigenvalue weighted by Crippen LogP contribution is -2.10. The SMILES string of the molecule is CCOC(=O)c1c(C)cc2cnc(-c3ccccc3F)nc2c1C. The highest BCUT2D eigenvalue weighted by molar-refractivity contribution is 5.99. The Hall–Kier alpha value is -2.82. The molecule has 0 radical (unpaired) electrons. The van der Waals surface area contributed by atoms with E-state index < -0.39 is 0 Å². The zero-order valence-corrected chi connectivity index (χ0v) is 13.8. The normalized spacial score (nSPS) is 10.8. The van der Waals surface area contributed by atoms with Crippen molar-refractivity contribution >= 4 is 16.9 Å². The number of carbonyl (C=O) groups is 1. The molecular formula is C19H17FN2O2. The van der Waals surface area contributed by atoms with Crippen molar-refractivity contribution < 1.29 is 13.9 Å². The monoisotopic (exact) mass is 324 g/mol. The number of ether oxygens (including phenoxy) is 1. The summed E-state index contributed by atoms with van der Waals surface area (Å²) in [5, 5.41) is 0.804. The molecule has 0 aliphatic rings. The van der Waals surface area contributed by atoms with E-state index in [0.717, 1.165) is 10.9 Å². The zero-order chi connectivity index (χ0) is 17.3. The van der Waals surface area contributed by atoms with Crippen LogP contribution in [0.4, 0.5) is 4.39 Å². The van der Waals surface area contributed by atoms with Crippen LogP contribution in [0, 0.1) is 19.7 Å². The third-order valence-corrected chi connectivity index (χ3v) is 3.91. The van der Waals surface area contributed by atoms with Gasteiger partial charge in [-0.25, -0.2) is 19.2 Å². The van der Waals surface area contributed by atoms with Crippen LogP contribution in [0.15, 0.2) is 36.5 Å². The number of esters is 1. The molecule has 2 aromatic carbocycles. The third-order valence-electron chi connectivity index (χ3n) is 3.91. The van der Waals surface area contributed by atoms with Crippen molar-refractivity contribution in [3.8, 4) is 11.4 Å². The van der Waals surface area contributed by atoms with Crippen molar-refractivity contribution in [1.82, 2.24) is 9.97 Å². The summed E-state index contributed by atoms with van der Waals surface area (Å²) in [6.45, 7) is 5.74. The minimum absolute atomic E-state index is 0.294. The van der Waals surface area contributed by atoms with Gasteiger partial charge in [-0.15, -0.1) is 0 Å². The molecule has 5 heteroatoms. The molecule has 0 saturated carbocycles. The van der Waals surface area contributed by atoms with E-state index >= 15 is 0 Å². The van der Waals surface area contributed by atoms with E-state index in [1.54, 1.807) is 31.3 Å². The van der Waals surface area contributed by atoms with Gasteiger partial charge in [-0.05, 0) is 50.1 Å². The van der Waals surface area contributed by atoms with Crippen LogP contribution >= 0.6 is 0 Å². The van der Waals surface area contributed by atoms with Crippen molar-refractivity contribution in [1.29, 1.82) is 0 Å². The number of fused-ring (bicyclic) bond motifs is 1. The molecule has 0 fully saturated rings. The fraction of sp³-hybridized carbons (Fsp3) is 0.211. The molecule has 24 heavy (non-hydrogen) atoms. The van der Waals surface area contributed by atoms with Gasteiger partial charge in [-0.1, -0.05) is 12.1 Å². The minimum Gasteiger partial charge on any atom is -0.462 e. The molecule has 4 nitrogen and oxygen atoms in total. The van der Waals surface area contributed by atoms with E-state index in [1.807, 2.05) is 19.9 Å². The van der Waals surface area contributed by atoms with E-state index in [2.05, 4.69) is 9.97 Å². The molecule has 0 N–H and O–H groups in total. The van der Waals surface area contributed by atoms with Crippen LogP contribution in [0.25, 0.3) is 22.3 Å². The lowest BCUT2D eigenvalue weighted by molar-refractivity contribution is 0.0525. The summed E-state index contributed by atoms with van der Waals surface area (Å²) in [5.41, 5.74) is 2.97. The Labute approximate surface area is 139 Å². The van der Waals surface area contributed by atoms with E-state index in [9.17, 15) is 9.18 Å². The van der Waals surface area contributed by atoms with Crippen LogP contribution in [-0.2, 0) is 4.74 Å². The van der Waals surface area contributed by atoms with Gasteiger partial charge in [0.2, 0.25) is 0 Å². The van der Waals surface area contributed by atoms with Crippen LogP contribution < -0.4 is 0 Å². The molecule has 0 spiro atoms. The summed E-state index contributed by atoms with van der Waals surface area (Å²) >= 11 is 0. The maximum atomic E-state index is 14.0. The van der Waals surface area contributed by atoms with Gasteiger partial charge in [0.1, 0.15) is 5.82 Å². The molecule has 1 heterocycles. The minimum atomic E-state index is -0.382. The average Bonchev–Trinajstić information content (AvgIpc) is 2.55. The fourth-order valence-electron chi connectivity index (χ4n) is 2.81. The molecule has 0 bridgehead atoms. The first-order valence-electron chi connectivity index (χ1n) is 7.72. The van der Waals surface area contributed by atoms with Gasteiger partial charge in [0.25, 0.3) is 0 Å². The number of hydrogen-bond donors (Lipinski definition) is 0. The van der Waals surface area contributed by atoms with Gasteiger partial charge < -0.3 is 4.74 Å². The predicted molar refractivity (Wildman–Crippen MR) is 90.4 cm³/mol. The summed E-state index contributed by atoms with van der Waals surface area (Å²) in [6, 6.07) is 8.20. The Bertz CT molecular complexity index is 938. The Kier molecular flexibility index (Phi) is 4.25. The molecule has 1 aromatic heterocycles. The van der Waals surface area contributed by atoms with E-state index in [4.69, 9.17) is 4.74 Å². The lowest BCUT2D eigenvalue weighted by atomic mass is 9.99. The average molecular weight is 324 g/mol. The fourth-order valence-corrected chi connectivity index (χ4v) is 2.81. The molecule has 0 aliphatic heterocycles. The van der Waals surface area contributed by atoms with Gasteiger partial charge in [-0.2, -0.15) is 0 Å². The molecule has 0 aliphatic carbocycles. The number of hydrogen-bond acceptors (Lipinski definition) is 4. The number of nitrogens with zero attached hydrogens (tertiary/aromatic N) is 2. The Morgan fingerprint density at radius 1 is 1.25 bits per heavy atom.